The van der Waals surface area contributed by atoms with Gasteiger partial charge in [0.1, 0.15) is 41.4 Å². The van der Waals surface area contributed by atoms with Crippen molar-refractivity contribution in [2.24, 2.45) is 5.92 Å². The molecule has 1 aliphatic rings. The lowest BCUT2D eigenvalue weighted by Crippen LogP contribution is -2.24. The van der Waals surface area contributed by atoms with Crippen LogP contribution in [0.5, 0.6) is 0 Å². The highest BCUT2D eigenvalue weighted by atomic mass is 32.1. The Morgan fingerprint density at radius 1 is 1.15 bits per heavy atom. The molecule has 5 heterocycles. The number of thiophene rings is 1. The number of fused-ring (bicyclic) bond motifs is 1. The second-order valence-electron chi connectivity index (χ2n) is 11.4. The van der Waals surface area contributed by atoms with Crippen molar-refractivity contribution >= 4 is 35.4 Å². The Morgan fingerprint density at radius 2 is 2.00 bits per heavy atom. The van der Waals surface area contributed by atoms with E-state index in [-0.39, 0.29) is 12.0 Å². The third kappa shape index (κ3) is 5.66. The van der Waals surface area contributed by atoms with Crippen LogP contribution in [0.2, 0.25) is 25.7 Å². The van der Waals surface area contributed by atoms with E-state index in [1.54, 1.807) is 11.7 Å². The van der Waals surface area contributed by atoms with Crippen molar-refractivity contribution < 1.29 is 4.74 Å². The Hall–Kier alpha value is -3.95. The number of anilines is 1. The van der Waals surface area contributed by atoms with E-state index >= 15 is 0 Å². The molecule has 40 heavy (non-hydrogen) atoms. The molecule has 9 nitrogen and oxygen atoms in total. The van der Waals surface area contributed by atoms with Crippen LogP contribution in [0, 0.1) is 39.9 Å². The second-order valence-corrected chi connectivity index (χ2v) is 17.9. The largest absolute Gasteiger partial charge is 0.362 e. The van der Waals surface area contributed by atoms with Crippen molar-refractivity contribution in [1.29, 1.82) is 15.8 Å². The number of hydrogen-bond donors (Lipinski definition) is 0. The molecule has 0 radical (unpaired) electrons. The zero-order valence-electron chi connectivity index (χ0n) is 23.0. The summed E-state index contributed by atoms with van der Waals surface area (Å²) in [6.45, 7) is 9.77. The molecular weight excluding hydrogens is 537 g/mol. The summed E-state index contributed by atoms with van der Waals surface area (Å²) in [6, 6.07) is 11.9. The van der Waals surface area contributed by atoms with Gasteiger partial charge in [-0.1, -0.05) is 19.6 Å². The van der Waals surface area contributed by atoms with E-state index in [1.165, 1.54) is 11.3 Å². The Morgan fingerprint density at radius 3 is 2.75 bits per heavy atom. The van der Waals surface area contributed by atoms with Gasteiger partial charge in [0.05, 0.1) is 29.8 Å². The lowest BCUT2D eigenvalue weighted by atomic mass is 9.96. The highest BCUT2D eigenvalue weighted by Crippen LogP contribution is 2.39. The first-order valence-electron chi connectivity index (χ1n) is 13.4. The van der Waals surface area contributed by atoms with Crippen molar-refractivity contribution in [1.82, 2.24) is 19.1 Å². The van der Waals surface area contributed by atoms with E-state index in [4.69, 9.17) is 4.74 Å². The van der Waals surface area contributed by atoms with Crippen LogP contribution in [-0.2, 0) is 11.5 Å². The molecule has 0 amide bonds. The zero-order valence-corrected chi connectivity index (χ0v) is 24.9. The fraction of sp³-hybridized carbons (Fsp3) is 0.414. The molecule has 2 unspecified atom stereocenters. The molecule has 2 atom stereocenters. The smallest absolute Gasteiger partial charge is 0.145 e. The van der Waals surface area contributed by atoms with Crippen LogP contribution in [0.4, 0.5) is 5.00 Å². The van der Waals surface area contributed by atoms with Crippen molar-refractivity contribution in [3.63, 3.8) is 0 Å². The van der Waals surface area contributed by atoms with E-state index in [2.05, 4.69) is 63.5 Å². The van der Waals surface area contributed by atoms with Gasteiger partial charge in [-0.2, -0.15) is 15.8 Å². The van der Waals surface area contributed by atoms with Gasteiger partial charge in [0.25, 0.3) is 0 Å². The maximum Gasteiger partial charge on any atom is 0.145 e. The van der Waals surface area contributed by atoms with E-state index in [0.717, 1.165) is 59.5 Å². The van der Waals surface area contributed by atoms with Crippen LogP contribution in [-0.4, -0.2) is 46.9 Å². The molecule has 5 rings (SSSR count). The average Bonchev–Trinajstić information content (AvgIpc) is 3.74. The van der Waals surface area contributed by atoms with Crippen molar-refractivity contribution in [2.45, 2.75) is 51.3 Å². The maximum atomic E-state index is 9.67. The number of hydrogen-bond acceptors (Lipinski definition) is 8. The summed E-state index contributed by atoms with van der Waals surface area (Å²) in [5.74, 6) is 0.235. The number of nitrogens with zero attached hydrogens (tertiary/aromatic N) is 8. The fourth-order valence-electron chi connectivity index (χ4n) is 5.30. The van der Waals surface area contributed by atoms with Crippen LogP contribution in [0.1, 0.15) is 30.0 Å². The Labute approximate surface area is 239 Å². The van der Waals surface area contributed by atoms with Crippen LogP contribution < -0.4 is 4.90 Å². The summed E-state index contributed by atoms with van der Waals surface area (Å²) >= 11 is 1.44. The highest BCUT2D eigenvalue weighted by Gasteiger charge is 2.33. The number of ether oxygens (including phenoxy) is 1. The lowest BCUT2D eigenvalue weighted by Gasteiger charge is -2.24. The molecule has 0 aliphatic carbocycles. The Bertz CT molecular complexity index is 1630. The minimum absolute atomic E-state index is 0.00798. The van der Waals surface area contributed by atoms with Gasteiger partial charge in [0.15, 0.2) is 0 Å². The Balaban J connectivity index is 1.34. The van der Waals surface area contributed by atoms with Gasteiger partial charge in [0, 0.05) is 62.7 Å². The van der Waals surface area contributed by atoms with E-state index in [0.29, 0.717) is 24.3 Å². The Kier molecular flexibility index (Phi) is 8.04. The molecule has 1 fully saturated rings. The van der Waals surface area contributed by atoms with Crippen LogP contribution >= 0.6 is 11.3 Å². The fourth-order valence-corrected chi connectivity index (χ4v) is 7.05. The van der Waals surface area contributed by atoms with E-state index in [9.17, 15) is 15.8 Å². The predicted octanol–water partition coefficient (Wildman–Crippen LogP) is 6.00. The standard InChI is InChI=1S/C29H32N8OSSi/c1-40(2,3)13-12-38-20-37-11-7-24-27(33-19-34-28(24)37)22-6-9-35(17-22)26(4-8-30)21-5-10-36(16-21)29-25(15-32)23(14-31)18-39-29/h6-7,9,11,17-19,21,26H,4-5,10,12-13,16,20H2,1-3H3. The third-order valence-electron chi connectivity index (χ3n) is 7.51. The van der Waals surface area contributed by atoms with Crippen LogP contribution in [0.3, 0.4) is 0 Å². The van der Waals surface area contributed by atoms with E-state index < -0.39 is 8.07 Å². The van der Waals surface area contributed by atoms with Crippen LogP contribution in [0.15, 0.2) is 42.4 Å². The minimum Gasteiger partial charge on any atom is -0.362 e. The molecule has 0 bridgehead atoms. The SMILES string of the molecule is C[Si](C)(C)CCOCn1ccc2c(-c3ccn(C(CC#N)C4CCN(c5scc(C#N)c5C#N)C4)c3)ncnc21. The molecule has 4 aromatic rings. The number of aromatic nitrogens is 4. The van der Waals surface area contributed by atoms with Gasteiger partial charge in [-0.15, -0.1) is 11.3 Å². The van der Waals surface area contributed by atoms with Gasteiger partial charge in [0.2, 0.25) is 0 Å². The maximum absolute atomic E-state index is 9.67. The molecule has 0 saturated carbocycles. The van der Waals surface area contributed by atoms with Gasteiger partial charge >= 0.3 is 0 Å². The molecule has 0 N–H and O–H groups in total. The molecule has 0 aromatic carbocycles. The molecule has 4 aromatic heterocycles. The summed E-state index contributed by atoms with van der Waals surface area (Å²) in [5.41, 5.74) is 3.56. The predicted molar refractivity (Wildman–Crippen MR) is 158 cm³/mol. The molecule has 1 saturated heterocycles. The molecular formula is C29H32N8OSSi. The quantitative estimate of drug-likeness (QED) is 0.170. The number of nitriles is 3. The van der Waals surface area contributed by atoms with Gasteiger partial charge in [-0.3, -0.25) is 0 Å². The first-order chi connectivity index (χ1) is 19.3. The third-order valence-corrected chi connectivity index (χ3v) is 10.3. The monoisotopic (exact) mass is 568 g/mol. The average molecular weight is 569 g/mol. The van der Waals surface area contributed by atoms with E-state index in [1.807, 2.05) is 29.1 Å². The molecule has 204 valence electrons. The minimum atomic E-state index is -1.14. The van der Waals surface area contributed by atoms with Crippen molar-refractivity contribution in [2.75, 3.05) is 24.6 Å². The van der Waals surface area contributed by atoms with Gasteiger partial charge in [-0.25, -0.2) is 9.97 Å². The summed E-state index contributed by atoms with van der Waals surface area (Å²) in [5, 5.41) is 32.2. The van der Waals surface area contributed by atoms with Crippen LogP contribution in [0.25, 0.3) is 22.3 Å². The van der Waals surface area contributed by atoms with Gasteiger partial charge in [-0.05, 0) is 30.5 Å². The molecule has 11 heteroatoms. The zero-order chi connectivity index (χ0) is 28.3. The number of rotatable bonds is 10. The first kappa shape index (κ1) is 27.6. The molecule has 1 aliphatic heterocycles. The summed E-state index contributed by atoms with van der Waals surface area (Å²) < 4.78 is 10.1. The van der Waals surface area contributed by atoms with Crippen molar-refractivity contribution in [3.8, 4) is 29.5 Å². The van der Waals surface area contributed by atoms with Crippen molar-refractivity contribution in [3.05, 3.63) is 53.6 Å². The normalized spacial score (nSPS) is 16.1. The topological polar surface area (TPSA) is 119 Å². The lowest BCUT2D eigenvalue weighted by molar-refractivity contribution is 0.0899. The van der Waals surface area contributed by atoms with Gasteiger partial charge < -0.3 is 18.8 Å². The molecule has 0 spiro atoms. The second kappa shape index (κ2) is 11.7. The summed E-state index contributed by atoms with van der Waals surface area (Å²) in [6.07, 6.45) is 8.99. The summed E-state index contributed by atoms with van der Waals surface area (Å²) in [7, 11) is -1.14. The highest BCUT2D eigenvalue weighted by molar-refractivity contribution is 7.14. The summed E-state index contributed by atoms with van der Waals surface area (Å²) in [4.78, 5) is 11.3. The first-order valence-corrected chi connectivity index (χ1v) is 18.0.